The minimum Gasteiger partial charge on any atom is -0.370 e. The van der Waals surface area contributed by atoms with E-state index >= 15 is 0 Å². The molecule has 1 unspecified atom stereocenters. The van der Waals surface area contributed by atoms with E-state index in [0.717, 1.165) is 45.1 Å². The highest BCUT2D eigenvalue weighted by Crippen LogP contribution is 2.33. The summed E-state index contributed by atoms with van der Waals surface area (Å²) >= 11 is 0. The predicted octanol–water partition coefficient (Wildman–Crippen LogP) is 0.485. The first-order valence-corrected chi connectivity index (χ1v) is 10.1. The Labute approximate surface area is 154 Å². The highest BCUT2D eigenvalue weighted by atomic mass is 16.5. The van der Waals surface area contributed by atoms with E-state index in [0.29, 0.717) is 32.8 Å². The summed E-state index contributed by atoms with van der Waals surface area (Å²) in [5, 5.41) is 0. The number of piperidine rings is 2. The Balaban J connectivity index is 1.29. The van der Waals surface area contributed by atoms with Gasteiger partial charge in [0.2, 0.25) is 17.7 Å². The van der Waals surface area contributed by atoms with Crippen molar-refractivity contribution in [3.63, 3.8) is 0 Å². The van der Waals surface area contributed by atoms with Gasteiger partial charge in [0.15, 0.2) is 0 Å². The van der Waals surface area contributed by atoms with Gasteiger partial charge in [0.05, 0.1) is 12.5 Å². The number of morpholine rings is 1. The minimum absolute atomic E-state index is 0.0481. The highest BCUT2D eigenvalue weighted by molar-refractivity contribution is 5.83. The van der Waals surface area contributed by atoms with E-state index in [2.05, 4.69) is 0 Å². The maximum absolute atomic E-state index is 12.9. The molecule has 7 nitrogen and oxygen atoms in total. The second kappa shape index (κ2) is 7.55. The van der Waals surface area contributed by atoms with Crippen molar-refractivity contribution >= 4 is 17.7 Å². The Bertz CT molecular complexity index is 569. The van der Waals surface area contributed by atoms with Gasteiger partial charge in [-0.3, -0.25) is 14.4 Å². The van der Waals surface area contributed by atoms with E-state index in [9.17, 15) is 14.4 Å². The van der Waals surface area contributed by atoms with E-state index in [1.54, 1.807) is 0 Å². The van der Waals surface area contributed by atoms with Gasteiger partial charge in [0.25, 0.3) is 0 Å². The van der Waals surface area contributed by atoms with Crippen LogP contribution in [0.4, 0.5) is 0 Å². The topological polar surface area (TPSA) is 70.2 Å². The van der Waals surface area contributed by atoms with Gasteiger partial charge < -0.3 is 19.4 Å². The van der Waals surface area contributed by atoms with Crippen molar-refractivity contribution in [3.8, 4) is 0 Å². The molecule has 1 atom stereocenters. The number of hydrogen-bond donors (Lipinski definition) is 0. The summed E-state index contributed by atoms with van der Waals surface area (Å²) in [6, 6.07) is 0.231. The molecule has 4 rings (SSSR count). The van der Waals surface area contributed by atoms with Gasteiger partial charge in [-0.15, -0.1) is 0 Å². The van der Waals surface area contributed by atoms with Crippen LogP contribution in [-0.4, -0.2) is 84.4 Å². The van der Waals surface area contributed by atoms with Gasteiger partial charge in [-0.25, -0.2) is 0 Å². The molecule has 3 heterocycles. The number of likely N-dealkylation sites (tertiary alicyclic amines) is 2. The van der Waals surface area contributed by atoms with Gasteiger partial charge in [-0.05, 0) is 38.5 Å². The molecule has 26 heavy (non-hydrogen) atoms. The zero-order valence-corrected chi connectivity index (χ0v) is 15.4. The Hall–Kier alpha value is -1.63. The third-order valence-electron chi connectivity index (χ3n) is 6.25. The van der Waals surface area contributed by atoms with Gasteiger partial charge >= 0.3 is 0 Å². The van der Waals surface area contributed by atoms with Crippen LogP contribution in [0.5, 0.6) is 0 Å². The molecule has 0 N–H and O–H groups in total. The Kier molecular flexibility index (Phi) is 5.16. The average molecular weight is 363 g/mol. The van der Waals surface area contributed by atoms with Crippen LogP contribution in [0.3, 0.4) is 0 Å². The monoisotopic (exact) mass is 363 g/mol. The maximum atomic E-state index is 12.9. The summed E-state index contributed by atoms with van der Waals surface area (Å²) in [7, 11) is 0. The smallest absolute Gasteiger partial charge is 0.248 e. The minimum atomic E-state index is -0.0481. The summed E-state index contributed by atoms with van der Waals surface area (Å²) in [4.78, 5) is 43.1. The van der Waals surface area contributed by atoms with Crippen LogP contribution in [0.2, 0.25) is 0 Å². The van der Waals surface area contributed by atoms with Crippen molar-refractivity contribution < 1.29 is 19.1 Å². The van der Waals surface area contributed by atoms with E-state index in [4.69, 9.17) is 4.74 Å². The summed E-state index contributed by atoms with van der Waals surface area (Å²) in [5.74, 6) is 0.707. The normalized spacial score (nSPS) is 28.4. The van der Waals surface area contributed by atoms with Crippen molar-refractivity contribution in [3.05, 3.63) is 0 Å². The standard InChI is InChI=1S/C19H29N3O4/c23-17-13-26-11-10-22(17)16-5-8-20(9-6-16)19(25)15-2-1-7-21(12-15)18(24)14-3-4-14/h14-16H,1-13H2. The molecule has 0 aromatic carbocycles. The number of nitrogens with zero attached hydrogens (tertiary/aromatic N) is 3. The van der Waals surface area contributed by atoms with E-state index in [1.807, 2.05) is 14.7 Å². The number of hydrogen-bond acceptors (Lipinski definition) is 4. The lowest BCUT2D eigenvalue weighted by molar-refractivity contribution is -0.148. The predicted molar refractivity (Wildman–Crippen MR) is 94.2 cm³/mol. The molecule has 1 aliphatic carbocycles. The van der Waals surface area contributed by atoms with Crippen LogP contribution >= 0.6 is 0 Å². The quantitative estimate of drug-likeness (QED) is 0.732. The average Bonchev–Trinajstić information content (AvgIpc) is 3.53. The van der Waals surface area contributed by atoms with Gasteiger partial charge in [-0.1, -0.05) is 0 Å². The van der Waals surface area contributed by atoms with Gasteiger partial charge in [0.1, 0.15) is 6.61 Å². The van der Waals surface area contributed by atoms with Crippen LogP contribution in [0.1, 0.15) is 38.5 Å². The molecule has 0 aromatic rings. The molecule has 3 amide bonds. The molecule has 0 radical (unpaired) electrons. The molecule has 4 aliphatic rings. The molecule has 0 aromatic heterocycles. The number of ether oxygens (including phenoxy) is 1. The zero-order chi connectivity index (χ0) is 18.1. The second-order valence-corrected chi connectivity index (χ2v) is 8.09. The van der Waals surface area contributed by atoms with E-state index < -0.39 is 0 Å². The summed E-state index contributed by atoms with van der Waals surface area (Å²) in [6.07, 6.45) is 5.52. The Morgan fingerprint density at radius 3 is 2.27 bits per heavy atom. The van der Waals surface area contributed by atoms with Crippen LogP contribution in [0, 0.1) is 11.8 Å². The molecule has 144 valence electrons. The Morgan fingerprint density at radius 2 is 1.58 bits per heavy atom. The largest absolute Gasteiger partial charge is 0.370 e. The molecule has 4 fully saturated rings. The number of amides is 3. The van der Waals surface area contributed by atoms with Gasteiger partial charge in [-0.2, -0.15) is 0 Å². The van der Waals surface area contributed by atoms with E-state index in [1.165, 1.54) is 0 Å². The lowest BCUT2D eigenvalue weighted by Crippen LogP contribution is -2.54. The first-order valence-electron chi connectivity index (χ1n) is 10.1. The zero-order valence-electron chi connectivity index (χ0n) is 15.4. The second-order valence-electron chi connectivity index (χ2n) is 8.09. The molecule has 7 heteroatoms. The fourth-order valence-electron chi connectivity index (χ4n) is 4.54. The van der Waals surface area contributed by atoms with Crippen LogP contribution in [0.15, 0.2) is 0 Å². The Morgan fingerprint density at radius 1 is 0.846 bits per heavy atom. The first kappa shape index (κ1) is 17.8. The maximum Gasteiger partial charge on any atom is 0.248 e. The van der Waals surface area contributed by atoms with Crippen LogP contribution < -0.4 is 0 Å². The molecule has 0 bridgehead atoms. The molecular formula is C19H29N3O4. The lowest BCUT2D eigenvalue weighted by Gasteiger charge is -2.41. The molecule has 0 spiro atoms. The number of rotatable bonds is 3. The van der Waals surface area contributed by atoms with E-state index in [-0.39, 0.29) is 42.2 Å². The van der Waals surface area contributed by atoms with Crippen molar-refractivity contribution in [1.82, 2.24) is 14.7 Å². The fourth-order valence-corrected chi connectivity index (χ4v) is 4.54. The summed E-state index contributed by atoms with van der Waals surface area (Å²) < 4.78 is 5.20. The third-order valence-corrected chi connectivity index (χ3v) is 6.25. The lowest BCUT2D eigenvalue weighted by atomic mass is 9.94. The highest BCUT2D eigenvalue weighted by Gasteiger charge is 2.38. The van der Waals surface area contributed by atoms with Crippen molar-refractivity contribution in [2.75, 3.05) is 45.9 Å². The van der Waals surface area contributed by atoms with Crippen molar-refractivity contribution in [2.24, 2.45) is 11.8 Å². The SMILES string of the molecule is O=C(C1CCCN(C(=O)C2CC2)C1)N1CCC(N2CCOCC2=O)CC1. The molecule has 3 aliphatic heterocycles. The summed E-state index contributed by atoms with van der Waals surface area (Å²) in [5.41, 5.74) is 0. The fraction of sp³-hybridized carbons (Fsp3) is 0.842. The summed E-state index contributed by atoms with van der Waals surface area (Å²) in [6.45, 7) is 4.28. The number of carbonyl (C=O) groups is 3. The van der Waals surface area contributed by atoms with Gasteiger partial charge in [0, 0.05) is 44.7 Å². The molecule has 1 saturated carbocycles. The van der Waals surface area contributed by atoms with Crippen molar-refractivity contribution in [1.29, 1.82) is 0 Å². The van der Waals surface area contributed by atoms with Crippen molar-refractivity contribution in [2.45, 2.75) is 44.6 Å². The number of carbonyl (C=O) groups excluding carboxylic acids is 3. The van der Waals surface area contributed by atoms with Crippen LogP contribution in [-0.2, 0) is 19.1 Å². The third kappa shape index (κ3) is 3.72. The molecule has 3 saturated heterocycles. The van der Waals surface area contributed by atoms with Crippen LogP contribution in [0.25, 0.3) is 0 Å². The molecular weight excluding hydrogens is 334 g/mol. The first-order chi connectivity index (χ1) is 12.6.